The van der Waals surface area contributed by atoms with Crippen molar-refractivity contribution in [3.05, 3.63) is 35.4 Å². The highest BCUT2D eigenvalue weighted by molar-refractivity contribution is 5.37. The molecule has 0 amide bonds. The van der Waals surface area contributed by atoms with E-state index in [1.54, 1.807) is 0 Å². The van der Waals surface area contributed by atoms with Crippen molar-refractivity contribution in [2.45, 2.75) is 52.1 Å². The molecular weight excluding hydrogens is 244 g/mol. The van der Waals surface area contributed by atoms with E-state index in [2.05, 4.69) is 55.3 Å². The van der Waals surface area contributed by atoms with Crippen LogP contribution in [0.1, 0.15) is 50.8 Å². The second kappa shape index (κ2) is 5.50. The molecule has 0 bridgehead atoms. The molecule has 0 aromatic heterocycles. The molecule has 0 spiro atoms. The number of benzene rings is 1. The van der Waals surface area contributed by atoms with Crippen molar-refractivity contribution in [3.63, 3.8) is 0 Å². The van der Waals surface area contributed by atoms with Crippen LogP contribution in [-0.2, 0) is 6.42 Å². The number of piperidine rings is 1. The number of likely N-dealkylation sites (N-methyl/N-ethyl adjacent to an activating group) is 1. The third-order valence-corrected chi connectivity index (χ3v) is 5.15. The average molecular weight is 272 g/mol. The van der Waals surface area contributed by atoms with E-state index < -0.39 is 0 Å². The molecule has 1 aromatic rings. The van der Waals surface area contributed by atoms with E-state index in [0.717, 1.165) is 0 Å². The van der Waals surface area contributed by atoms with E-state index >= 15 is 0 Å². The molecule has 2 aliphatic rings. The predicted molar refractivity (Wildman–Crippen MR) is 84.9 cm³/mol. The molecule has 1 heterocycles. The molecule has 3 rings (SSSR count). The highest BCUT2D eigenvalue weighted by atomic mass is 15.2. The van der Waals surface area contributed by atoms with Gasteiger partial charge in [0.25, 0.3) is 0 Å². The van der Waals surface area contributed by atoms with Crippen LogP contribution in [0.25, 0.3) is 0 Å². The zero-order valence-electron chi connectivity index (χ0n) is 13.2. The Hall–Kier alpha value is -0.860. The zero-order chi connectivity index (χ0) is 14.2. The first-order valence-electron chi connectivity index (χ1n) is 8.16. The van der Waals surface area contributed by atoms with Crippen molar-refractivity contribution in [2.75, 3.05) is 19.6 Å². The molecule has 2 unspecified atom stereocenters. The summed E-state index contributed by atoms with van der Waals surface area (Å²) < 4.78 is 0. The maximum Gasteiger partial charge on any atom is 0.0380 e. The van der Waals surface area contributed by atoms with Gasteiger partial charge in [-0.05, 0) is 48.9 Å². The van der Waals surface area contributed by atoms with Gasteiger partial charge in [-0.15, -0.1) is 0 Å². The van der Waals surface area contributed by atoms with E-state index in [9.17, 15) is 0 Å². The largest absolute Gasteiger partial charge is 0.305 e. The maximum atomic E-state index is 3.99. The molecule has 2 atom stereocenters. The van der Waals surface area contributed by atoms with Crippen molar-refractivity contribution in [1.29, 1.82) is 0 Å². The van der Waals surface area contributed by atoms with Crippen LogP contribution < -0.4 is 5.32 Å². The minimum Gasteiger partial charge on any atom is -0.305 e. The lowest BCUT2D eigenvalue weighted by Gasteiger charge is -2.37. The molecule has 1 saturated heterocycles. The molecule has 1 aliphatic carbocycles. The summed E-state index contributed by atoms with van der Waals surface area (Å²) in [5.74, 6) is 0. The number of hydrogen-bond acceptors (Lipinski definition) is 2. The Morgan fingerprint density at radius 1 is 1.30 bits per heavy atom. The molecule has 2 nitrogen and oxygen atoms in total. The summed E-state index contributed by atoms with van der Waals surface area (Å²) >= 11 is 0. The summed E-state index contributed by atoms with van der Waals surface area (Å²) in [7, 11) is 0. The number of hydrogen-bond donors (Lipinski definition) is 1. The van der Waals surface area contributed by atoms with Crippen LogP contribution in [0.5, 0.6) is 0 Å². The second-order valence-electron chi connectivity index (χ2n) is 7.20. The molecule has 0 saturated carbocycles. The van der Waals surface area contributed by atoms with Crippen molar-refractivity contribution in [2.24, 2.45) is 5.41 Å². The van der Waals surface area contributed by atoms with Gasteiger partial charge in [-0.25, -0.2) is 0 Å². The van der Waals surface area contributed by atoms with E-state index in [4.69, 9.17) is 0 Å². The first kappa shape index (κ1) is 14.1. The fourth-order valence-corrected chi connectivity index (χ4v) is 4.02. The Kier molecular flexibility index (Phi) is 3.87. The number of likely N-dealkylation sites (tertiary alicyclic amines) is 1. The fraction of sp³-hybridized carbons (Fsp3) is 0.667. The van der Waals surface area contributed by atoms with Crippen LogP contribution >= 0.6 is 0 Å². The van der Waals surface area contributed by atoms with E-state index in [1.165, 1.54) is 50.0 Å². The third-order valence-electron chi connectivity index (χ3n) is 5.15. The van der Waals surface area contributed by atoms with Gasteiger partial charge in [-0.2, -0.15) is 0 Å². The summed E-state index contributed by atoms with van der Waals surface area (Å²) in [6.45, 7) is 10.8. The average Bonchev–Trinajstić information content (AvgIpc) is 2.70. The highest BCUT2D eigenvalue weighted by Crippen LogP contribution is 2.45. The molecule has 20 heavy (non-hydrogen) atoms. The molecule has 1 N–H and O–H groups in total. The van der Waals surface area contributed by atoms with Crippen molar-refractivity contribution in [3.8, 4) is 0 Å². The van der Waals surface area contributed by atoms with E-state index in [0.29, 0.717) is 17.5 Å². The number of rotatable bonds is 3. The van der Waals surface area contributed by atoms with Gasteiger partial charge in [-0.3, -0.25) is 0 Å². The Bertz CT molecular complexity index is 466. The Morgan fingerprint density at radius 2 is 2.10 bits per heavy atom. The fourth-order valence-electron chi connectivity index (χ4n) is 4.02. The zero-order valence-corrected chi connectivity index (χ0v) is 13.2. The van der Waals surface area contributed by atoms with Gasteiger partial charge >= 0.3 is 0 Å². The van der Waals surface area contributed by atoms with Gasteiger partial charge in [0.15, 0.2) is 0 Å². The SMILES string of the molecule is CCN1CCCC(NC2c3ccccc3CC2(C)C)C1. The molecule has 110 valence electrons. The van der Waals surface area contributed by atoms with Gasteiger partial charge in [0.2, 0.25) is 0 Å². The lowest BCUT2D eigenvalue weighted by atomic mass is 9.84. The lowest BCUT2D eigenvalue weighted by Crippen LogP contribution is -2.48. The van der Waals surface area contributed by atoms with Crippen LogP contribution in [0, 0.1) is 5.41 Å². The maximum absolute atomic E-state index is 3.99. The van der Waals surface area contributed by atoms with Gasteiger partial charge in [0.1, 0.15) is 0 Å². The van der Waals surface area contributed by atoms with Crippen molar-refractivity contribution >= 4 is 0 Å². The lowest BCUT2D eigenvalue weighted by molar-refractivity contribution is 0.164. The quantitative estimate of drug-likeness (QED) is 0.907. The number of nitrogens with zero attached hydrogens (tertiary/aromatic N) is 1. The van der Waals surface area contributed by atoms with Gasteiger partial charge in [0.05, 0.1) is 0 Å². The summed E-state index contributed by atoms with van der Waals surface area (Å²) in [5, 5.41) is 3.99. The smallest absolute Gasteiger partial charge is 0.0380 e. The minimum atomic E-state index is 0.332. The predicted octanol–water partition coefficient (Wildman–Crippen LogP) is 3.38. The van der Waals surface area contributed by atoms with Crippen LogP contribution in [0.4, 0.5) is 0 Å². The Labute approximate surface area is 123 Å². The van der Waals surface area contributed by atoms with Gasteiger partial charge in [-0.1, -0.05) is 45.0 Å². The molecular formula is C18H28N2. The summed E-state index contributed by atoms with van der Waals surface area (Å²) in [5.41, 5.74) is 3.40. The first-order valence-corrected chi connectivity index (χ1v) is 8.16. The Balaban J connectivity index is 1.76. The monoisotopic (exact) mass is 272 g/mol. The van der Waals surface area contributed by atoms with Crippen molar-refractivity contribution in [1.82, 2.24) is 10.2 Å². The summed E-state index contributed by atoms with van der Waals surface area (Å²) in [6.07, 6.45) is 3.86. The molecule has 2 heteroatoms. The normalized spacial score (nSPS) is 29.4. The molecule has 1 aliphatic heterocycles. The highest BCUT2D eigenvalue weighted by Gasteiger charge is 2.39. The second-order valence-corrected chi connectivity index (χ2v) is 7.20. The molecule has 0 radical (unpaired) electrons. The molecule has 1 aromatic carbocycles. The standard InChI is InChI=1S/C18H28N2/c1-4-20-11-7-9-15(13-20)19-17-16-10-6-5-8-14(16)12-18(17,2)3/h5-6,8,10,15,17,19H,4,7,9,11-13H2,1-3H3. The van der Waals surface area contributed by atoms with Crippen molar-refractivity contribution < 1.29 is 0 Å². The van der Waals surface area contributed by atoms with Crippen LogP contribution in [0.3, 0.4) is 0 Å². The number of nitrogens with one attached hydrogen (secondary N) is 1. The van der Waals surface area contributed by atoms with Gasteiger partial charge in [0, 0.05) is 18.6 Å². The molecule has 1 fully saturated rings. The topological polar surface area (TPSA) is 15.3 Å². The summed E-state index contributed by atoms with van der Waals surface area (Å²) in [4.78, 5) is 2.58. The van der Waals surface area contributed by atoms with E-state index in [-0.39, 0.29) is 0 Å². The van der Waals surface area contributed by atoms with E-state index in [1.807, 2.05) is 0 Å². The van der Waals surface area contributed by atoms with Crippen LogP contribution in [-0.4, -0.2) is 30.6 Å². The Morgan fingerprint density at radius 3 is 2.90 bits per heavy atom. The summed E-state index contributed by atoms with van der Waals surface area (Å²) in [6, 6.07) is 10.2. The van der Waals surface area contributed by atoms with Gasteiger partial charge < -0.3 is 10.2 Å². The number of fused-ring (bicyclic) bond motifs is 1. The van der Waals surface area contributed by atoms with Crippen LogP contribution in [0.2, 0.25) is 0 Å². The van der Waals surface area contributed by atoms with Crippen LogP contribution in [0.15, 0.2) is 24.3 Å². The minimum absolute atomic E-state index is 0.332. The third kappa shape index (κ3) is 2.64. The first-order chi connectivity index (χ1) is 9.60.